The molecule has 1 aromatic rings. The minimum Gasteiger partial charge on any atom is -0.338 e. The third kappa shape index (κ3) is 4.50. The highest BCUT2D eigenvalue weighted by Gasteiger charge is 2.37. The molecule has 1 aliphatic heterocycles. The smallest absolute Gasteiger partial charge is 0.233 e. The van der Waals surface area contributed by atoms with Gasteiger partial charge < -0.3 is 9.47 Å². The minimum absolute atomic E-state index is 0.00844. The van der Waals surface area contributed by atoms with Crippen molar-refractivity contribution < 1.29 is 13.2 Å². The summed E-state index contributed by atoms with van der Waals surface area (Å²) < 4.78 is 26.0. The molecule has 3 fully saturated rings. The number of thioether (sulfide) groups is 1. The molecular formula is C18H28N4O3S2. The molecule has 27 heavy (non-hydrogen) atoms. The van der Waals surface area contributed by atoms with Crippen molar-refractivity contribution in [1.82, 2.24) is 19.7 Å². The fourth-order valence-electron chi connectivity index (χ4n) is 3.76. The summed E-state index contributed by atoms with van der Waals surface area (Å²) in [6.07, 6.45) is 5.26. The first-order valence-corrected chi connectivity index (χ1v) is 12.7. The van der Waals surface area contributed by atoms with Crippen LogP contribution in [0.3, 0.4) is 0 Å². The van der Waals surface area contributed by atoms with E-state index in [4.69, 9.17) is 0 Å². The molecule has 0 unspecified atom stereocenters. The molecule has 2 aliphatic carbocycles. The van der Waals surface area contributed by atoms with Crippen LogP contribution in [0.5, 0.6) is 0 Å². The third-order valence-corrected chi connectivity index (χ3v) is 8.08. The topological polar surface area (TPSA) is 85.2 Å². The lowest BCUT2D eigenvalue weighted by atomic mass is 10.1. The van der Waals surface area contributed by atoms with Crippen LogP contribution in [0.25, 0.3) is 0 Å². The van der Waals surface area contributed by atoms with E-state index in [2.05, 4.69) is 28.6 Å². The Morgan fingerprint density at radius 3 is 2.52 bits per heavy atom. The van der Waals surface area contributed by atoms with Crippen molar-refractivity contribution in [1.29, 1.82) is 0 Å². The average Bonchev–Trinajstić information content (AvgIpc) is 3.53. The van der Waals surface area contributed by atoms with E-state index in [1.807, 2.05) is 0 Å². The summed E-state index contributed by atoms with van der Waals surface area (Å²) in [5.41, 5.74) is 0. The molecule has 3 aliphatic rings. The van der Waals surface area contributed by atoms with Crippen molar-refractivity contribution >= 4 is 27.5 Å². The van der Waals surface area contributed by atoms with Gasteiger partial charge in [-0.2, -0.15) is 0 Å². The lowest BCUT2D eigenvalue weighted by Crippen LogP contribution is -2.44. The molecule has 1 aromatic heterocycles. The largest absolute Gasteiger partial charge is 0.338 e. The van der Waals surface area contributed by atoms with Gasteiger partial charge in [-0.3, -0.25) is 4.79 Å². The van der Waals surface area contributed by atoms with E-state index in [1.54, 1.807) is 4.90 Å². The SMILES string of the molecule is CC(C)CN(C(=O)CSc1nnc(C2CC2)n1C1CC1)[C@H]1CCS(=O)(=O)C1. The lowest BCUT2D eigenvalue weighted by Gasteiger charge is -2.29. The van der Waals surface area contributed by atoms with Crippen LogP contribution >= 0.6 is 11.8 Å². The summed E-state index contributed by atoms with van der Waals surface area (Å²) in [6.45, 7) is 4.72. The van der Waals surface area contributed by atoms with Crippen LogP contribution in [0.4, 0.5) is 0 Å². The molecule has 0 spiro atoms. The number of carbonyl (C=O) groups is 1. The van der Waals surface area contributed by atoms with Crippen LogP contribution in [0, 0.1) is 5.92 Å². The number of amides is 1. The molecule has 0 radical (unpaired) electrons. The van der Waals surface area contributed by atoms with Crippen LogP contribution < -0.4 is 0 Å². The Morgan fingerprint density at radius 2 is 1.96 bits per heavy atom. The van der Waals surface area contributed by atoms with Crippen molar-refractivity contribution in [3.8, 4) is 0 Å². The maximum atomic E-state index is 13.0. The van der Waals surface area contributed by atoms with Crippen LogP contribution in [-0.2, 0) is 14.6 Å². The zero-order chi connectivity index (χ0) is 19.2. The van der Waals surface area contributed by atoms with Crippen LogP contribution in [-0.4, -0.2) is 63.8 Å². The second kappa shape index (κ2) is 7.39. The van der Waals surface area contributed by atoms with Gasteiger partial charge >= 0.3 is 0 Å². The Labute approximate surface area is 165 Å². The van der Waals surface area contributed by atoms with Gasteiger partial charge in [-0.1, -0.05) is 25.6 Å². The highest BCUT2D eigenvalue weighted by atomic mass is 32.2. The van der Waals surface area contributed by atoms with Crippen LogP contribution in [0.1, 0.15) is 63.7 Å². The number of aromatic nitrogens is 3. The van der Waals surface area contributed by atoms with E-state index in [0.717, 1.165) is 11.0 Å². The summed E-state index contributed by atoms with van der Waals surface area (Å²) >= 11 is 1.45. The van der Waals surface area contributed by atoms with Crippen molar-refractivity contribution in [2.24, 2.45) is 5.92 Å². The number of hydrogen-bond donors (Lipinski definition) is 0. The fraction of sp³-hybridized carbons (Fsp3) is 0.833. The molecule has 0 bridgehead atoms. The van der Waals surface area contributed by atoms with Crippen LogP contribution in [0.15, 0.2) is 5.16 Å². The molecule has 4 rings (SSSR count). The van der Waals surface area contributed by atoms with Crippen LogP contribution in [0.2, 0.25) is 0 Å². The Morgan fingerprint density at radius 1 is 1.22 bits per heavy atom. The highest BCUT2D eigenvalue weighted by Crippen LogP contribution is 2.46. The summed E-state index contributed by atoms with van der Waals surface area (Å²) in [6, 6.07) is 0.314. The van der Waals surface area contributed by atoms with E-state index in [9.17, 15) is 13.2 Å². The fourth-order valence-corrected chi connectivity index (χ4v) is 6.39. The first-order valence-electron chi connectivity index (χ1n) is 9.91. The minimum atomic E-state index is -3.01. The lowest BCUT2D eigenvalue weighted by molar-refractivity contribution is -0.130. The molecule has 1 saturated heterocycles. The molecule has 150 valence electrons. The van der Waals surface area contributed by atoms with Crippen molar-refractivity contribution in [2.75, 3.05) is 23.8 Å². The highest BCUT2D eigenvalue weighted by molar-refractivity contribution is 7.99. The predicted octanol–water partition coefficient (Wildman–Crippen LogP) is 2.25. The van der Waals surface area contributed by atoms with E-state index in [-0.39, 0.29) is 23.5 Å². The first-order chi connectivity index (χ1) is 12.8. The Hall–Kier alpha value is -1.09. The predicted molar refractivity (Wildman–Crippen MR) is 105 cm³/mol. The zero-order valence-corrected chi connectivity index (χ0v) is 17.6. The Kier molecular flexibility index (Phi) is 5.26. The number of sulfone groups is 1. The standard InChI is InChI=1S/C18H28N4O3S2/c1-12(2)9-21(15-7-8-27(24,25)11-15)16(23)10-26-18-20-19-17(13-3-4-13)22(18)14-5-6-14/h12-15H,3-11H2,1-2H3/t15-/m0/s1. The van der Waals surface area contributed by atoms with Crippen molar-refractivity contribution in [2.45, 2.75) is 69.1 Å². The third-order valence-electron chi connectivity index (χ3n) is 5.40. The van der Waals surface area contributed by atoms with Gasteiger partial charge in [0.1, 0.15) is 5.82 Å². The van der Waals surface area contributed by atoms with Gasteiger partial charge in [-0.15, -0.1) is 10.2 Å². The summed E-state index contributed by atoms with van der Waals surface area (Å²) in [4.78, 5) is 14.7. The summed E-state index contributed by atoms with van der Waals surface area (Å²) in [5, 5.41) is 9.60. The normalized spacial score (nSPS) is 24.5. The monoisotopic (exact) mass is 412 g/mol. The molecule has 9 heteroatoms. The van der Waals surface area contributed by atoms with Crippen molar-refractivity contribution in [3.63, 3.8) is 0 Å². The molecule has 0 aromatic carbocycles. The van der Waals surface area contributed by atoms with Gasteiger partial charge in [0.25, 0.3) is 0 Å². The van der Waals surface area contributed by atoms with E-state index in [0.29, 0.717) is 36.6 Å². The van der Waals surface area contributed by atoms with Gasteiger partial charge in [0.05, 0.1) is 17.3 Å². The molecular weight excluding hydrogens is 384 g/mol. The Bertz CT molecular complexity index is 813. The van der Waals surface area contributed by atoms with Gasteiger partial charge in [0, 0.05) is 24.5 Å². The summed E-state index contributed by atoms with van der Waals surface area (Å²) in [5.74, 6) is 2.53. The second-order valence-electron chi connectivity index (χ2n) is 8.50. The van der Waals surface area contributed by atoms with Gasteiger partial charge in [0.15, 0.2) is 15.0 Å². The quantitative estimate of drug-likeness (QED) is 0.609. The average molecular weight is 413 g/mol. The van der Waals surface area contributed by atoms with Gasteiger partial charge in [0.2, 0.25) is 5.91 Å². The van der Waals surface area contributed by atoms with E-state index >= 15 is 0 Å². The molecule has 2 heterocycles. The molecule has 2 saturated carbocycles. The number of rotatable bonds is 8. The maximum absolute atomic E-state index is 13.0. The maximum Gasteiger partial charge on any atom is 0.233 e. The number of hydrogen-bond acceptors (Lipinski definition) is 6. The molecule has 7 nitrogen and oxygen atoms in total. The first kappa shape index (κ1) is 19.2. The van der Waals surface area contributed by atoms with E-state index < -0.39 is 9.84 Å². The number of nitrogens with zero attached hydrogens (tertiary/aromatic N) is 4. The van der Waals surface area contributed by atoms with E-state index in [1.165, 1.54) is 37.4 Å². The second-order valence-corrected chi connectivity index (χ2v) is 11.7. The summed E-state index contributed by atoms with van der Waals surface area (Å²) in [7, 11) is -3.01. The molecule has 1 amide bonds. The molecule has 1 atom stereocenters. The van der Waals surface area contributed by atoms with Gasteiger partial charge in [-0.05, 0) is 38.0 Å². The molecule has 0 N–H and O–H groups in total. The van der Waals surface area contributed by atoms with Gasteiger partial charge in [-0.25, -0.2) is 8.42 Å². The number of carbonyl (C=O) groups excluding carboxylic acids is 1. The zero-order valence-electron chi connectivity index (χ0n) is 16.0. The van der Waals surface area contributed by atoms with Crippen molar-refractivity contribution in [3.05, 3.63) is 5.82 Å². The Balaban J connectivity index is 1.44.